The van der Waals surface area contributed by atoms with Crippen molar-refractivity contribution in [1.29, 1.82) is 0 Å². The van der Waals surface area contributed by atoms with E-state index in [1.165, 1.54) is 16.2 Å². The normalized spacial score (nSPS) is 19.0. The maximum absolute atomic E-state index is 11.9. The number of carboxylic acids is 1. The maximum Gasteiger partial charge on any atom is 0.308 e. The number of carbonyl (C=O) groups excluding carboxylic acids is 1. The van der Waals surface area contributed by atoms with E-state index < -0.39 is 11.9 Å². The molecule has 2 heterocycles. The monoisotopic (exact) mass is 310 g/mol. The smallest absolute Gasteiger partial charge is 0.308 e. The van der Waals surface area contributed by atoms with Crippen LogP contribution in [0.5, 0.6) is 0 Å². The van der Waals surface area contributed by atoms with Gasteiger partial charge in [0.25, 0.3) is 0 Å². The van der Waals surface area contributed by atoms with Gasteiger partial charge in [0, 0.05) is 18.0 Å². The predicted octanol–water partition coefficient (Wildman–Crippen LogP) is 2.70. The molecule has 1 aliphatic heterocycles. The quantitative estimate of drug-likeness (QED) is 0.926. The third-order valence-corrected chi connectivity index (χ3v) is 4.89. The number of aliphatic carboxylic acids is 1. The maximum atomic E-state index is 11.9. The van der Waals surface area contributed by atoms with Gasteiger partial charge in [-0.2, -0.15) is 0 Å². The fourth-order valence-electron chi connectivity index (χ4n) is 2.26. The van der Waals surface area contributed by atoms with Crippen LogP contribution in [0.2, 0.25) is 5.02 Å². The van der Waals surface area contributed by atoms with Crippen LogP contribution in [0.1, 0.15) is 12.0 Å². The number of nitrogens with zero attached hydrogens (tertiary/aromatic N) is 2. The molecule has 1 aromatic carbocycles. The molecule has 3 rings (SSSR count). The third-order valence-electron chi connectivity index (χ3n) is 3.44. The SMILES string of the molecule is Cc1c(Cl)ccc2sc(N3CC(C(=O)O)CC3=O)nc12. The first-order valence-electron chi connectivity index (χ1n) is 6.06. The standard InChI is InChI=1S/C13H11ClN2O3S/c1-6-8(14)2-3-9-11(6)15-13(20-9)16-5-7(12(18)19)4-10(16)17/h2-3,7H,4-5H2,1H3,(H,18,19). The molecule has 104 valence electrons. The van der Waals surface area contributed by atoms with Crippen LogP contribution in [-0.4, -0.2) is 28.5 Å². The van der Waals surface area contributed by atoms with Crippen molar-refractivity contribution in [2.24, 2.45) is 5.92 Å². The molecule has 0 spiro atoms. The molecule has 2 aromatic rings. The summed E-state index contributed by atoms with van der Waals surface area (Å²) in [5.74, 6) is -1.79. The number of aromatic nitrogens is 1. The number of hydrogen-bond donors (Lipinski definition) is 1. The molecule has 1 saturated heterocycles. The average molecular weight is 311 g/mol. The zero-order chi connectivity index (χ0) is 14.4. The zero-order valence-corrected chi connectivity index (χ0v) is 12.2. The van der Waals surface area contributed by atoms with Gasteiger partial charge in [-0.3, -0.25) is 14.5 Å². The van der Waals surface area contributed by atoms with E-state index in [9.17, 15) is 9.59 Å². The van der Waals surface area contributed by atoms with Crippen molar-refractivity contribution in [3.05, 3.63) is 22.7 Å². The Labute approximate surface area is 123 Å². The number of carbonyl (C=O) groups is 2. The Morgan fingerprint density at radius 2 is 2.30 bits per heavy atom. The summed E-state index contributed by atoms with van der Waals surface area (Å²) in [6, 6.07) is 3.66. The first kappa shape index (κ1) is 13.3. The minimum atomic E-state index is -0.943. The van der Waals surface area contributed by atoms with Crippen molar-refractivity contribution in [2.45, 2.75) is 13.3 Å². The molecule has 20 heavy (non-hydrogen) atoms. The molecular formula is C13H11ClN2O3S. The lowest BCUT2D eigenvalue weighted by Crippen LogP contribution is -2.25. The lowest BCUT2D eigenvalue weighted by Gasteiger charge is -2.11. The van der Waals surface area contributed by atoms with Crippen LogP contribution in [0.3, 0.4) is 0 Å². The van der Waals surface area contributed by atoms with E-state index in [2.05, 4.69) is 4.98 Å². The lowest BCUT2D eigenvalue weighted by molar-refractivity contribution is -0.141. The predicted molar refractivity (Wildman–Crippen MR) is 77.5 cm³/mol. The highest BCUT2D eigenvalue weighted by atomic mass is 35.5. The molecule has 1 unspecified atom stereocenters. The Balaban J connectivity index is 2.01. The molecule has 1 aliphatic rings. The number of aryl methyl sites for hydroxylation is 1. The highest BCUT2D eigenvalue weighted by Gasteiger charge is 2.36. The molecule has 1 aromatic heterocycles. The number of rotatable bonds is 2. The first-order valence-corrected chi connectivity index (χ1v) is 7.25. The molecule has 7 heteroatoms. The van der Waals surface area contributed by atoms with Crippen LogP contribution in [0.15, 0.2) is 12.1 Å². The van der Waals surface area contributed by atoms with E-state index in [-0.39, 0.29) is 18.9 Å². The van der Waals surface area contributed by atoms with E-state index in [1.54, 1.807) is 6.07 Å². The summed E-state index contributed by atoms with van der Waals surface area (Å²) >= 11 is 7.43. The van der Waals surface area contributed by atoms with Crippen LogP contribution < -0.4 is 4.90 Å². The molecule has 0 bridgehead atoms. The summed E-state index contributed by atoms with van der Waals surface area (Å²) in [5.41, 5.74) is 1.64. The molecule has 1 amide bonds. The Hall–Kier alpha value is -1.66. The van der Waals surface area contributed by atoms with Crippen LogP contribution in [0.4, 0.5) is 5.13 Å². The van der Waals surface area contributed by atoms with Gasteiger partial charge in [0.1, 0.15) is 0 Å². The summed E-state index contributed by atoms with van der Waals surface area (Å²) in [4.78, 5) is 28.8. The highest BCUT2D eigenvalue weighted by molar-refractivity contribution is 7.22. The van der Waals surface area contributed by atoms with Crippen molar-refractivity contribution in [2.75, 3.05) is 11.4 Å². The summed E-state index contributed by atoms with van der Waals surface area (Å²) in [5, 5.41) is 10.2. The second-order valence-corrected chi connectivity index (χ2v) is 6.18. The molecule has 0 aliphatic carbocycles. The summed E-state index contributed by atoms with van der Waals surface area (Å²) in [7, 11) is 0. The molecule has 0 saturated carbocycles. The van der Waals surface area contributed by atoms with Gasteiger partial charge in [0.2, 0.25) is 5.91 Å². The fraction of sp³-hybridized carbons (Fsp3) is 0.308. The number of benzene rings is 1. The lowest BCUT2D eigenvalue weighted by atomic mass is 10.1. The number of anilines is 1. The summed E-state index contributed by atoms with van der Waals surface area (Å²) in [6.07, 6.45) is 0.0327. The van der Waals surface area contributed by atoms with Gasteiger partial charge in [-0.05, 0) is 24.6 Å². The molecular weight excluding hydrogens is 300 g/mol. The van der Waals surface area contributed by atoms with Crippen molar-refractivity contribution in [3.63, 3.8) is 0 Å². The van der Waals surface area contributed by atoms with Crippen LogP contribution in [0.25, 0.3) is 10.2 Å². The van der Waals surface area contributed by atoms with Gasteiger partial charge in [-0.15, -0.1) is 0 Å². The topological polar surface area (TPSA) is 70.5 Å². The first-order chi connectivity index (χ1) is 9.47. The molecule has 5 nitrogen and oxygen atoms in total. The second kappa shape index (κ2) is 4.71. The van der Waals surface area contributed by atoms with E-state index in [4.69, 9.17) is 16.7 Å². The van der Waals surface area contributed by atoms with E-state index in [1.807, 2.05) is 13.0 Å². The second-order valence-electron chi connectivity index (χ2n) is 4.76. The summed E-state index contributed by atoms with van der Waals surface area (Å²) < 4.78 is 0.938. The Morgan fingerprint density at radius 3 is 2.95 bits per heavy atom. The summed E-state index contributed by atoms with van der Waals surface area (Å²) in [6.45, 7) is 2.06. The van der Waals surface area contributed by atoms with Gasteiger partial charge in [-0.1, -0.05) is 22.9 Å². The van der Waals surface area contributed by atoms with Gasteiger partial charge in [0.05, 0.1) is 16.1 Å². The Bertz CT molecular complexity index is 728. The molecule has 0 radical (unpaired) electrons. The fourth-order valence-corrected chi connectivity index (χ4v) is 3.47. The van der Waals surface area contributed by atoms with Crippen LogP contribution in [0, 0.1) is 12.8 Å². The number of carboxylic acid groups (broad SMARTS) is 1. The van der Waals surface area contributed by atoms with Crippen molar-refractivity contribution in [3.8, 4) is 0 Å². The minimum Gasteiger partial charge on any atom is -0.481 e. The molecule has 1 atom stereocenters. The highest BCUT2D eigenvalue weighted by Crippen LogP contribution is 2.35. The van der Waals surface area contributed by atoms with Gasteiger partial charge in [0.15, 0.2) is 5.13 Å². The Kier molecular flexibility index (Phi) is 3.14. The number of hydrogen-bond acceptors (Lipinski definition) is 4. The molecule has 1 fully saturated rings. The zero-order valence-electron chi connectivity index (χ0n) is 10.6. The van der Waals surface area contributed by atoms with E-state index in [0.29, 0.717) is 10.2 Å². The van der Waals surface area contributed by atoms with Crippen molar-refractivity contribution in [1.82, 2.24) is 4.98 Å². The minimum absolute atomic E-state index is 0.0327. The van der Waals surface area contributed by atoms with E-state index >= 15 is 0 Å². The molecule has 1 N–H and O–H groups in total. The van der Waals surface area contributed by atoms with Crippen molar-refractivity contribution >= 4 is 50.2 Å². The van der Waals surface area contributed by atoms with Gasteiger partial charge >= 0.3 is 5.97 Å². The number of halogens is 1. The third kappa shape index (κ3) is 2.05. The van der Waals surface area contributed by atoms with Gasteiger partial charge < -0.3 is 5.11 Å². The van der Waals surface area contributed by atoms with Crippen molar-refractivity contribution < 1.29 is 14.7 Å². The number of thiazole rings is 1. The van der Waals surface area contributed by atoms with Gasteiger partial charge in [-0.25, -0.2) is 4.98 Å². The average Bonchev–Trinajstić information content (AvgIpc) is 2.97. The van der Waals surface area contributed by atoms with Crippen LogP contribution >= 0.6 is 22.9 Å². The number of amides is 1. The number of fused-ring (bicyclic) bond motifs is 1. The van der Waals surface area contributed by atoms with Crippen LogP contribution in [-0.2, 0) is 9.59 Å². The van der Waals surface area contributed by atoms with E-state index in [0.717, 1.165) is 15.8 Å². The largest absolute Gasteiger partial charge is 0.481 e. The Morgan fingerprint density at radius 1 is 1.55 bits per heavy atom.